The molecule has 4 nitrogen and oxygen atoms in total. The molecule has 0 spiro atoms. The van der Waals surface area contributed by atoms with E-state index in [9.17, 15) is 4.79 Å². The van der Waals surface area contributed by atoms with Crippen molar-refractivity contribution in [1.82, 2.24) is 4.98 Å². The average Bonchev–Trinajstić information content (AvgIpc) is 1.85. The molecule has 0 saturated carbocycles. The van der Waals surface area contributed by atoms with Crippen LogP contribution in [0.4, 0.5) is 0 Å². The number of hydrogen-bond donors (Lipinski definition) is 3. The minimum Gasteiger partial charge on any atom is -0.423 e. The zero-order valence-corrected chi connectivity index (χ0v) is 6.03. The molecule has 0 saturated heterocycles. The zero-order chi connectivity index (χ0) is 8.43. The van der Waals surface area contributed by atoms with Crippen LogP contribution in [0, 0.1) is 6.92 Å². The Morgan fingerprint density at radius 2 is 2.18 bits per heavy atom. The highest BCUT2D eigenvalue weighted by Gasteiger charge is 2.14. The first-order valence-corrected chi connectivity index (χ1v) is 3.16. The Labute approximate surface area is 63.7 Å². The third kappa shape index (κ3) is 1.69. The van der Waals surface area contributed by atoms with E-state index < -0.39 is 7.12 Å². The molecule has 0 radical (unpaired) electrons. The van der Waals surface area contributed by atoms with Crippen molar-refractivity contribution in [3.05, 3.63) is 28.2 Å². The minimum absolute atomic E-state index is 0.0319. The maximum atomic E-state index is 10.9. The molecule has 1 aromatic rings. The third-order valence-electron chi connectivity index (χ3n) is 1.37. The van der Waals surface area contributed by atoms with Gasteiger partial charge in [0.2, 0.25) is 0 Å². The molecule has 11 heavy (non-hydrogen) atoms. The lowest BCUT2D eigenvalue weighted by Gasteiger charge is -1.97. The number of hydrogen-bond acceptors (Lipinski definition) is 3. The van der Waals surface area contributed by atoms with E-state index in [4.69, 9.17) is 10.0 Å². The average molecular weight is 153 g/mol. The van der Waals surface area contributed by atoms with Gasteiger partial charge in [0.1, 0.15) is 0 Å². The van der Waals surface area contributed by atoms with E-state index in [1.165, 1.54) is 12.3 Å². The number of aryl methyl sites for hydroxylation is 1. The number of aromatic nitrogens is 1. The maximum Gasteiger partial charge on any atom is 0.493 e. The molecule has 1 aromatic heterocycles. The molecule has 1 rings (SSSR count). The second-order valence-electron chi connectivity index (χ2n) is 2.31. The van der Waals surface area contributed by atoms with Gasteiger partial charge in [0.05, 0.1) is 0 Å². The van der Waals surface area contributed by atoms with Gasteiger partial charge >= 0.3 is 7.12 Å². The van der Waals surface area contributed by atoms with Crippen molar-refractivity contribution in [3.8, 4) is 0 Å². The SMILES string of the molecule is Cc1cc(=O)c(B(O)O)c[nH]1. The van der Waals surface area contributed by atoms with Crippen LogP contribution in [0.2, 0.25) is 0 Å². The lowest BCUT2D eigenvalue weighted by Crippen LogP contribution is -2.41. The fourth-order valence-electron chi connectivity index (χ4n) is 0.786. The lowest BCUT2D eigenvalue weighted by atomic mass is 9.81. The molecule has 0 fully saturated rings. The zero-order valence-electron chi connectivity index (χ0n) is 6.03. The molecule has 0 aliphatic carbocycles. The first-order valence-electron chi connectivity index (χ1n) is 3.16. The van der Waals surface area contributed by atoms with Gasteiger partial charge in [0.25, 0.3) is 0 Å². The van der Waals surface area contributed by atoms with Crippen LogP contribution < -0.4 is 10.9 Å². The predicted octanol–water partition coefficient (Wildman–Crippen LogP) is -1.64. The lowest BCUT2D eigenvalue weighted by molar-refractivity contribution is 0.425. The monoisotopic (exact) mass is 153 g/mol. The highest BCUT2D eigenvalue weighted by molar-refractivity contribution is 6.58. The van der Waals surface area contributed by atoms with E-state index >= 15 is 0 Å². The maximum absolute atomic E-state index is 10.9. The van der Waals surface area contributed by atoms with E-state index in [-0.39, 0.29) is 10.9 Å². The summed E-state index contributed by atoms with van der Waals surface area (Å²) in [5.41, 5.74) is 0.297. The van der Waals surface area contributed by atoms with Crippen molar-refractivity contribution in [2.45, 2.75) is 6.92 Å². The topological polar surface area (TPSA) is 73.3 Å². The Hall–Kier alpha value is -1.07. The summed E-state index contributed by atoms with van der Waals surface area (Å²) in [6, 6.07) is 1.31. The molecule has 3 N–H and O–H groups in total. The van der Waals surface area contributed by atoms with E-state index in [0.29, 0.717) is 5.69 Å². The van der Waals surface area contributed by atoms with Gasteiger partial charge in [-0.1, -0.05) is 0 Å². The van der Waals surface area contributed by atoms with Crippen molar-refractivity contribution in [2.75, 3.05) is 0 Å². The summed E-state index contributed by atoms with van der Waals surface area (Å²) < 4.78 is 0. The number of nitrogens with one attached hydrogen (secondary N) is 1. The van der Waals surface area contributed by atoms with Crippen LogP contribution in [0.3, 0.4) is 0 Å². The molecule has 0 amide bonds. The normalized spacial score (nSPS) is 9.73. The molecular weight excluding hydrogens is 145 g/mol. The molecule has 0 aliphatic heterocycles. The summed E-state index contributed by atoms with van der Waals surface area (Å²) in [5.74, 6) is 0. The first-order chi connectivity index (χ1) is 5.11. The van der Waals surface area contributed by atoms with Crippen LogP contribution in [-0.4, -0.2) is 22.2 Å². The van der Waals surface area contributed by atoms with Gasteiger partial charge in [-0.05, 0) is 6.92 Å². The van der Waals surface area contributed by atoms with Crippen molar-refractivity contribution < 1.29 is 10.0 Å². The Morgan fingerprint density at radius 1 is 1.55 bits per heavy atom. The summed E-state index contributed by atoms with van der Waals surface area (Å²) >= 11 is 0. The molecule has 5 heteroatoms. The Morgan fingerprint density at radius 3 is 2.64 bits per heavy atom. The third-order valence-corrected chi connectivity index (χ3v) is 1.37. The van der Waals surface area contributed by atoms with Crippen LogP contribution in [0.1, 0.15) is 5.69 Å². The highest BCUT2D eigenvalue weighted by Crippen LogP contribution is 1.81. The van der Waals surface area contributed by atoms with Crippen LogP contribution in [0.5, 0.6) is 0 Å². The van der Waals surface area contributed by atoms with Crippen LogP contribution in [-0.2, 0) is 0 Å². The van der Waals surface area contributed by atoms with Gasteiger partial charge in [0.15, 0.2) is 5.43 Å². The standard InChI is InChI=1S/C6H8BNO3/c1-4-2-6(9)5(3-8-4)7(10)11/h2-3,10-11H,1H3,(H,8,9). The summed E-state index contributed by atoms with van der Waals surface area (Å²) in [6.45, 7) is 1.72. The molecule has 0 bridgehead atoms. The Bertz CT molecular complexity index is 307. The number of H-pyrrole nitrogens is 1. The van der Waals surface area contributed by atoms with E-state index in [2.05, 4.69) is 4.98 Å². The molecule has 0 aliphatic rings. The minimum atomic E-state index is -1.70. The van der Waals surface area contributed by atoms with Gasteiger partial charge in [0, 0.05) is 23.4 Å². The van der Waals surface area contributed by atoms with Gasteiger partial charge in [-0.3, -0.25) is 4.79 Å². The summed E-state index contributed by atoms with van der Waals surface area (Å²) in [6.07, 6.45) is 1.29. The highest BCUT2D eigenvalue weighted by atomic mass is 16.4. The van der Waals surface area contributed by atoms with E-state index in [0.717, 1.165) is 0 Å². The van der Waals surface area contributed by atoms with Crippen LogP contribution in [0.25, 0.3) is 0 Å². The van der Waals surface area contributed by atoms with Gasteiger partial charge < -0.3 is 15.0 Å². The fraction of sp³-hybridized carbons (Fsp3) is 0.167. The van der Waals surface area contributed by atoms with E-state index in [1.807, 2.05) is 0 Å². The smallest absolute Gasteiger partial charge is 0.423 e. The summed E-state index contributed by atoms with van der Waals surface area (Å²) in [4.78, 5) is 13.6. The van der Waals surface area contributed by atoms with Crippen molar-refractivity contribution in [2.24, 2.45) is 0 Å². The summed E-state index contributed by atoms with van der Waals surface area (Å²) in [5, 5.41) is 17.3. The number of rotatable bonds is 1. The number of pyridine rings is 1. The second-order valence-corrected chi connectivity index (χ2v) is 2.31. The van der Waals surface area contributed by atoms with Crippen molar-refractivity contribution >= 4 is 12.6 Å². The fourth-order valence-corrected chi connectivity index (χ4v) is 0.786. The molecule has 0 atom stereocenters. The quantitative estimate of drug-likeness (QED) is 0.423. The first kappa shape index (κ1) is 8.04. The molecular formula is C6H8BNO3. The van der Waals surface area contributed by atoms with Crippen LogP contribution in [0.15, 0.2) is 17.1 Å². The Kier molecular flexibility index (Phi) is 2.12. The summed E-state index contributed by atoms with van der Waals surface area (Å²) in [7, 11) is -1.70. The van der Waals surface area contributed by atoms with Gasteiger partial charge in [-0.2, -0.15) is 0 Å². The Balaban J connectivity index is 3.21. The second kappa shape index (κ2) is 2.90. The predicted molar refractivity (Wildman–Crippen MR) is 41.6 cm³/mol. The number of aromatic amines is 1. The van der Waals surface area contributed by atoms with E-state index in [1.54, 1.807) is 6.92 Å². The van der Waals surface area contributed by atoms with Gasteiger partial charge in [-0.25, -0.2) is 0 Å². The van der Waals surface area contributed by atoms with Crippen molar-refractivity contribution in [3.63, 3.8) is 0 Å². The molecule has 0 unspecified atom stereocenters. The molecule has 0 aromatic carbocycles. The molecule has 58 valence electrons. The molecule has 1 heterocycles. The largest absolute Gasteiger partial charge is 0.493 e. The van der Waals surface area contributed by atoms with Crippen LogP contribution >= 0.6 is 0 Å². The van der Waals surface area contributed by atoms with Gasteiger partial charge in [-0.15, -0.1) is 0 Å². The van der Waals surface area contributed by atoms with Crippen molar-refractivity contribution in [1.29, 1.82) is 0 Å².